The summed E-state index contributed by atoms with van der Waals surface area (Å²) < 4.78 is 22.4. The van der Waals surface area contributed by atoms with E-state index in [0.29, 0.717) is 4.47 Å². The van der Waals surface area contributed by atoms with Crippen LogP contribution in [-0.2, 0) is 10.0 Å². The molecule has 0 heterocycles. The molecule has 68 valence electrons. The van der Waals surface area contributed by atoms with Crippen molar-refractivity contribution >= 4 is 26.0 Å². The molecule has 0 aliphatic heterocycles. The predicted molar refractivity (Wildman–Crippen MR) is 50.2 cm³/mol. The molecule has 1 aromatic carbocycles. The standard InChI is InChI=1S/C7H5BrN2O2S/c8-6-3-1-2-5(4-9)7(6)13(10,11)12/h1-3H,(H2,10,11,12). The smallest absolute Gasteiger partial charge is 0.225 e. The van der Waals surface area contributed by atoms with Crippen LogP contribution in [0.15, 0.2) is 27.6 Å². The first-order valence-electron chi connectivity index (χ1n) is 3.18. The molecule has 2 N–H and O–H groups in total. The van der Waals surface area contributed by atoms with E-state index >= 15 is 0 Å². The molecule has 6 heteroatoms. The van der Waals surface area contributed by atoms with Gasteiger partial charge >= 0.3 is 0 Å². The third kappa shape index (κ3) is 2.06. The second-order valence-corrected chi connectivity index (χ2v) is 4.63. The molecule has 0 saturated carbocycles. The first-order valence-corrected chi connectivity index (χ1v) is 5.52. The second-order valence-electron chi connectivity index (χ2n) is 2.27. The van der Waals surface area contributed by atoms with Gasteiger partial charge in [-0.25, -0.2) is 13.6 Å². The highest BCUT2D eigenvalue weighted by Crippen LogP contribution is 2.23. The third-order valence-corrected chi connectivity index (χ3v) is 3.30. The first kappa shape index (κ1) is 10.2. The number of primary sulfonamides is 1. The van der Waals surface area contributed by atoms with Gasteiger partial charge in [-0.3, -0.25) is 0 Å². The van der Waals surface area contributed by atoms with E-state index < -0.39 is 10.0 Å². The topological polar surface area (TPSA) is 83.9 Å². The van der Waals surface area contributed by atoms with E-state index in [1.807, 2.05) is 0 Å². The molecule has 13 heavy (non-hydrogen) atoms. The van der Waals surface area contributed by atoms with Crippen molar-refractivity contribution in [1.29, 1.82) is 5.26 Å². The zero-order valence-electron chi connectivity index (χ0n) is 6.36. The molecule has 0 aliphatic rings. The van der Waals surface area contributed by atoms with E-state index in [-0.39, 0.29) is 10.5 Å². The lowest BCUT2D eigenvalue weighted by atomic mass is 10.2. The highest BCUT2D eigenvalue weighted by Gasteiger charge is 2.16. The lowest BCUT2D eigenvalue weighted by Crippen LogP contribution is -2.14. The molecule has 1 aromatic rings. The maximum Gasteiger partial charge on any atom is 0.240 e. The monoisotopic (exact) mass is 260 g/mol. The summed E-state index contributed by atoms with van der Waals surface area (Å²) in [6, 6.07) is 6.23. The van der Waals surface area contributed by atoms with Gasteiger partial charge in [0, 0.05) is 4.47 Å². The largest absolute Gasteiger partial charge is 0.240 e. The van der Waals surface area contributed by atoms with Crippen LogP contribution in [0.1, 0.15) is 5.56 Å². The molecular formula is C7H5BrN2O2S. The minimum Gasteiger partial charge on any atom is -0.225 e. The average molecular weight is 261 g/mol. The van der Waals surface area contributed by atoms with Crippen LogP contribution in [0.5, 0.6) is 0 Å². The maximum absolute atomic E-state index is 11.0. The van der Waals surface area contributed by atoms with Crippen molar-refractivity contribution in [3.8, 4) is 6.07 Å². The molecule has 0 bridgehead atoms. The van der Waals surface area contributed by atoms with Gasteiger partial charge in [-0.05, 0) is 28.1 Å². The molecule has 0 unspecified atom stereocenters. The lowest BCUT2D eigenvalue weighted by molar-refractivity contribution is 0.597. The Morgan fingerprint density at radius 2 is 2.08 bits per heavy atom. The number of sulfonamides is 1. The van der Waals surface area contributed by atoms with Crippen molar-refractivity contribution in [2.75, 3.05) is 0 Å². The number of hydrogen-bond donors (Lipinski definition) is 1. The van der Waals surface area contributed by atoms with Gasteiger partial charge in [-0.1, -0.05) is 6.07 Å². The first-order chi connectivity index (χ1) is 5.96. The lowest BCUT2D eigenvalue weighted by Gasteiger charge is -2.02. The summed E-state index contributed by atoms with van der Waals surface area (Å²) in [4.78, 5) is -0.169. The Morgan fingerprint density at radius 3 is 2.46 bits per heavy atom. The van der Waals surface area contributed by atoms with Gasteiger partial charge in [0.15, 0.2) is 0 Å². The van der Waals surface area contributed by atoms with Crippen molar-refractivity contribution < 1.29 is 8.42 Å². The SMILES string of the molecule is N#Cc1cccc(Br)c1S(N)(=O)=O. The molecule has 0 amide bonds. The van der Waals surface area contributed by atoms with Crippen LogP contribution in [-0.4, -0.2) is 8.42 Å². The Balaban J connectivity index is 3.62. The molecule has 1 rings (SSSR count). The molecule has 0 aromatic heterocycles. The van der Waals surface area contributed by atoms with Crippen LogP contribution in [0.2, 0.25) is 0 Å². The number of halogens is 1. The van der Waals surface area contributed by atoms with Gasteiger partial charge in [0.05, 0.1) is 5.56 Å². The van der Waals surface area contributed by atoms with E-state index in [4.69, 9.17) is 10.4 Å². The number of nitrogens with two attached hydrogens (primary N) is 1. The fraction of sp³-hybridized carbons (Fsp3) is 0. The van der Waals surface area contributed by atoms with Crippen molar-refractivity contribution in [3.05, 3.63) is 28.2 Å². The number of nitriles is 1. The fourth-order valence-electron chi connectivity index (χ4n) is 0.886. The highest BCUT2D eigenvalue weighted by molar-refractivity contribution is 9.10. The van der Waals surface area contributed by atoms with E-state index in [0.717, 1.165) is 0 Å². The zero-order chi connectivity index (χ0) is 10.1. The van der Waals surface area contributed by atoms with Gasteiger partial charge in [0.1, 0.15) is 11.0 Å². The molecule has 4 nitrogen and oxygen atoms in total. The van der Waals surface area contributed by atoms with E-state index in [1.54, 1.807) is 12.1 Å². The van der Waals surface area contributed by atoms with Crippen LogP contribution in [0.25, 0.3) is 0 Å². The minimum atomic E-state index is -3.85. The van der Waals surface area contributed by atoms with Crippen LogP contribution in [0, 0.1) is 11.3 Å². The molecule has 0 atom stereocenters. The summed E-state index contributed by atoms with van der Waals surface area (Å²) in [6.45, 7) is 0. The van der Waals surface area contributed by atoms with E-state index in [2.05, 4.69) is 15.9 Å². The van der Waals surface area contributed by atoms with Crippen LogP contribution in [0.4, 0.5) is 0 Å². The number of hydrogen-bond acceptors (Lipinski definition) is 3. The van der Waals surface area contributed by atoms with Gasteiger partial charge < -0.3 is 0 Å². The number of rotatable bonds is 1. The summed E-state index contributed by atoms with van der Waals surface area (Å²) in [5.74, 6) is 0. The average Bonchev–Trinajstić information content (AvgIpc) is 2.01. The minimum absolute atomic E-state index is 0.0388. The van der Waals surface area contributed by atoms with Gasteiger partial charge in [0.2, 0.25) is 10.0 Å². The fourth-order valence-corrected chi connectivity index (χ4v) is 2.69. The van der Waals surface area contributed by atoms with Crippen molar-refractivity contribution in [1.82, 2.24) is 0 Å². The molecule has 0 saturated heterocycles. The Morgan fingerprint density at radius 1 is 1.46 bits per heavy atom. The van der Waals surface area contributed by atoms with Crippen LogP contribution >= 0.6 is 15.9 Å². The zero-order valence-corrected chi connectivity index (χ0v) is 8.76. The van der Waals surface area contributed by atoms with Gasteiger partial charge in [-0.2, -0.15) is 5.26 Å². The molecular weight excluding hydrogens is 256 g/mol. The van der Waals surface area contributed by atoms with E-state index in [9.17, 15) is 8.42 Å². The quantitative estimate of drug-likeness (QED) is 0.817. The normalized spacial score (nSPS) is 10.8. The molecule has 0 spiro atoms. The highest BCUT2D eigenvalue weighted by atomic mass is 79.9. The Bertz CT molecular complexity index is 476. The summed E-state index contributed by atoms with van der Waals surface area (Å²) in [5, 5.41) is 13.5. The summed E-state index contributed by atoms with van der Waals surface area (Å²) >= 11 is 3.01. The molecule has 0 aliphatic carbocycles. The van der Waals surface area contributed by atoms with Gasteiger partial charge in [0.25, 0.3) is 0 Å². The van der Waals surface area contributed by atoms with Crippen LogP contribution < -0.4 is 5.14 Å². The summed E-state index contributed by atoms with van der Waals surface area (Å²) in [7, 11) is -3.85. The molecule has 0 radical (unpaired) electrons. The molecule has 0 fully saturated rings. The Labute approximate surface area is 84.2 Å². The Hall–Kier alpha value is -0.900. The second kappa shape index (κ2) is 3.46. The number of benzene rings is 1. The summed E-state index contributed by atoms with van der Waals surface area (Å²) in [6.07, 6.45) is 0. The van der Waals surface area contributed by atoms with E-state index in [1.165, 1.54) is 12.1 Å². The third-order valence-electron chi connectivity index (χ3n) is 1.37. The van der Waals surface area contributed by atoms with Crippen molar-refractivity contribution in [2.45, 2.75) is 4.90 Å². The van der Waals surface area contributed by atoms with Crippen molar-refractivity contribution in [3.63, 3.8) is 0 Å². The summed E-state index contributed by atoms with van der Waals surface area (Å²) in [5.41, 5.74) is 0.0388. The van der Waals surface area contributed by atoms with Gasteiger partial charge in [-0.15, -0.1) is 0 Å². The van der Waals surface area contributed by atoms with Crippen molar-refractivity contribution in [2.24, 2.45) is 5.14 Å². The number of nitrogens with zero attached hydrogens (tertiary/aromatic N) is 1. The Kier molecular flexibility index (Phi) is 2.71. The predicted octanol–water partition coefficient (Wildman–Crippen LogP) is 0.968. The van der Waals surface area contributed by atoms with Crippen LogP contribution in [0.3, 0.4) is 0 Å². The maximum atomic E-state index is 11.0.